The number of aliphatic hydroxyl groups is 1. The van der Waals surface area contributed by atoms with E-state index in [9.17, 15) is 19.5 Å². The molecule has 2 N–H and O–H groups in total. The second-order valence-electron chi connectivity index (χ2n) is 8.16. The van der Waals surface area contributed by atoms with E-state index in [1.807, 2.05) is 6.07 Å². The third-order valence-corrected chi connectivity index (χ3v) is 6.45. The number of likely N-dealkylation sites (tertiary alicyclic amines) is 1. The lowest BCUT2D eigenvalue weighted by Gasteiger charge is -2.47. The van der Waals surface area contributed by atoms with Crippen LogP contribution >= 0.6 is 0 Å². The molecule has 3 heterocycles. The summed E-state index contributed by atoms with van der Waals surface area (Å²) >= 11 is 0. The number of benzene rings is 2. The number of para-hydroxylation sites is 2. The van der Waals surface area contributed by atoms with Crippen LogP contribution in [0.25, 0.3) is 10.9 Å². The molecule has 0 radical (unpaired) electrons. The Labute approximate surface area is 183 Å². The van der Waals surface area contributed by atoms with Crippen LogP contribution in [0.15, 0.2) is 59.7 Å². The maximum Gasteiger partial charge on any atom is 0.328 e. The minimum Gasteiger partial charge on any atom is -0.467 e. The molecule has 2 aromatic carbocycles. The van der Waals surface area contributed by atoms with Crippen molar-refractivity contribution in [1.82, 2.24) is 14.5 Å². The smallest absolute Gasteiger partial charge is 0.328 e. The number of ether oxygens (including phenoxy) is 1. The fourth-order valence-electron chi connectivity index (χ4n) is 4.82. The number of aromatic nitrogens is 2. The van der Waals surface area contributed by atoms with Gasteiger partial charge in [-0.15, -0.1) is 0 Å². The maximum atomic E-state index is 13.7. The predicted octanol–water partition coefficient (Wildman–Crippen LogP) is 1.37. The van der Waals surface area contributed by atoms with Crippen LogP contribution < -0.4 is 10.9 Å². The fraction of sp³-hybridized carbons (Fsp3) is 0.304. The summed E-state index contributed by atoms with van der Waals surface area (Å²) in [5.41, 5.74) is -0.129. The second kappa shape index (κ2) is 7.16. The van der Waals surface area contributed by atoms with E-state index < -0.39 is 35.7 Å². The number of nitrogens with zero attached hydrogens (tertiary/aromatic N) is 3. The van der Waals surface area contributed by atoms with Crippen LogP contribution in [-0.4, -0.2) is 50.8 Å². The Hall–Kier alpha value is -3.72. The molecule has 5 rings (SSSR count). The van der Waals surface area contributed by atoms with Crippen LogP contribution in [0.5, 0.6) is 0 Å². The molecular formula is C23H22N4O5. The van der Waals surface area contributed by atoms with E-state index in [1.54, 1.807) is 49.4 Å². The van der Waals surface area contributed by atoms with E-state index >= 15 is 0 Å². The first-order valence-electron chi connectivity index (χ1n) is 10.3. The Kier molecular flexibility index (Phi) is 4.52. The summed E-state index contributed by atoms with van der Waals surface area (Å²) in [5, 5.41) is 15.4. The van der Waals surface area contributed by atoms with E-state index in [2.05, 4.69) is 10.3 Å². The quantitative estimate of drug-likeness (QED) is 0.599. The van der Waals surface area contributed by atoms with Crippen molar-refractivity contribution in [3.8, 4) is 0 Å². The van der Waals surface area contributed by atoms with Crippen molar-refractivity contribution in [2.45, 2.75) is 37.2 Å². The van der Waals surface area contributed by atoms with Gasteiger partial charge in [-0.25, -0.2) is 9.78 Å². The van der Waals surface area contributed by atoms with Crippen LogP contribution in [-0.2, 0) is 19.9 Å². The number of rotatable bonds is 3. The predicted molar refractivity (Wildman–Crippen MR) is 116 cm³/mol. The van der Waals surface area contributed by atoms with Gasteiger partial charge in [-0.2, -0.15) is 0 Å². The molecule has 3 aromatic rings. The van der Waals surface area contributed by atoms with Gasteiger partial charge in [0, 0.05) is 17.7 Å². The maximum absolute atomic E-state index is 13.7. The highest BCUT2D eigenvalue weighted by Gasteiger charge is 2.58. The molecule has 1 saturated heterocycles. The van der Waals surface area contributed by atoms with Crippen molar-refractivity contribution in [3.63, 3.8) is 0 Å². The van der Waals surface area contributed by atoms with Crippen LogP contribution in [0.2, 0.25) is 0 Å². The second-order valence-corrected chi connectivity index (χ2v) is 8.16. The zero-order valence-electron chi connectivity index (χ0n) is 17.6. The van der Waals surface area contributed by atoms with Gasteiger partial charge in [0.1, 0.15) is 23.9 Å². The summed E-state index contributed by atoms with van der Waals surface area (Å²) in [6.45, 7) is 1.54. The molecule has 0 unspecified atom stereocenters. The van der Waals surface area contributed by atoms with Crippen molar-refractivity contribution in [2.24, 2.45) is 0 Å². The molecule has 0 saturated carbocycles. The Morgan fingerprint density at radius 3 is 2.72 bits per heavy atom. The molecule has 0 aliphatic carbocycles. The lowest BCUT2D eigenvalue weighted by molar-refractivity contribution is -0.170. The summed E-state index contributed by atoms with van der Waals surface area (Å²) < 4.78 is 6.12. The lowest BCUT2D eigenvalue weighted by Crippen LogP contribution is -2.65. The number of piperidine rings is 1. The Balaban J connectivity index is 1.68. The molecule has 1 fully saturated rings. The van der Waals surface area contributed by atoms with Crippen LogP contribution in [0.3, 0.4) is 0 Å². The number of esters is 1. The van der Waals surface area contributed by atoms with Crippen LogP contribution in [0.4, 0.5) is 5.69 Å². The van der Waals surface area contributed by atoms with Crippen molar-refractivity contribution >= 4 is 28.5 Å². The Morgan fingerprint density at radius 2 is 1.94 bits per heavy atom. The highest BCUT2D eigenvalue weighted by Crippen LogP contribution is 2.49. The topological polar surface area (TPSA) is 114 Å². The minimum atomic E-state index is -1.53. The molecule has 0 spiro atoms. The highest BCUT2D eigenvalue weighted by atomic mass is 16.5. The molecule has 1 aromatic heterocycles. The number of carbonyl (C=O) groups excluding carboxylic acids is 2. The molecule has 9 nitrogen and oxygen atoms in total. The third-order valence-electron chi connectivity index (χ3n) is 6.45. The van der Waals surface area contributed by atoms with E-state index in [1.165, 1.54) is 22.9 Å². The number of fused-ring (bicyclic) bond motifs is 4. The zero-order chi connectivity index (χ0) is 22.6. The molecule has 164 valence electrons. The Bertz CT molecular complexity index is 1300. The molecule has 1 amide bonds. The van der Waals surface area contributed by atoms with Crippen molar-refractivity contribution in [1.29, 1.82) is 0 Å². The summed E-state index contributed by atoms with van der Waals surface area (Å²) in [4.78, 5) is 44.9. The summed E-state index contributed by atoms with van der Waals surface area (Å²) in [5.74, 6) is -1.10. The number of amides is 1. The summed E-state index contributed by atoms with van der Waals surface area (Å²) in [6, 6.07) is 12.0. The van der Waals surface area contributed by atoms with Crippen molar-refractivity contribution in [2.75, 3.05) is 12.4 Å². The molecule has 32 heavy (non-hydrogen) atoms. The van der Waals surface area contributed by atoms with E-state index in [0.29, 0.717) is 22.2 Å². The fourth-order valence-corrected chi connectivity index (χ4v) is 4.82. The van der Waals surface area contributed by atoms with Gasteiger partial charge in [-0.3, -0.25) is 14.2 Å². The standard InChI is InChI=1S/C23H22N4O5/c1-13(21(30)32-2)27-20(29)18(26-12-24-16-9-5-3-7-14(16)19(26)28)11-23(31)15-8-4-6-10-17(15)25-22(23)27/h3-10,12-13,18,22,25,31H,11H2,1-2H3/t13-,18+,22+,23-/m0/s1. The van der Waals surface area contributed by atoms with E-state index in [0.717, 1.165) is 0 Å². The average molecular weight is 434 g/mol. The summed E-state index contributed by atoms with van der Waals surface area (Å²) in [7, 11) is 1.24. The van der Waals surface area contributed by atoms with E-state index in [4.69, 9.17) is 4.74 Å². The number of nitrogens with one attached hydrogen (secondary N) is 1. The number of hydrogen-bond donors (Lipinski definition) is 2. The van der Waals surface area contributed by atoms with Gasteiger partial charge in [0.25, 0.3) is 5.56 Å². The minimum absolute atomic E-state index is 0.0508. The van der Waals surface area contributed by atoms with E-state index in [-0.39, 0.29) is 12.0 Å². The number of methoxy groups -OCH3 is 1. The van der Waals surface area contributed by atoms with Gasteiger partial charge < -0.3 is 20.1 Å². The lowest BCUT2D eigenvalue weighted by atomic mass is 9.81. The highest BCUT2D eigenvalue weighted by molar-refractivity contribution is 5.89. The van der Waals surface area contributed by atoms with Gasteiger partial charge in [-0.05, 0) is 25.1 Å². The molecular weight excluding hydrogens is 412 g/mol. The SMILES string of the molecule is COC(=O)[C@H](C)N1C(=O)[C@H](n2cnc3ccccc3c2=O)C[C@]2(O)c3ccccc3N[C@H]12. The number of hydrogen-bond acceptors (Lipinski definition) is 7. The molecule has 2 aliphatic heterocycles. The largest absolute Gasteiger partial charge is 0.467 e. The molecule has 4 atom stereocenters. The number of anilines is 1. The Morgan fingerprint density at radius 1 is 1.22 bits per heavy atom. The third kappa shape index (κ3) is 2.74. The first kappa shape index (κ1) is 20.2. The molecule has 2 aliphatic rings. The van der Waals surface area contributed by atoms with Crippen LogP contribution in [0.1, 0.15) is 24.9 Å². The van der Waals surface area contributed by atoms with Gasteiger partial charge >= 0.3 is 5.97 Å². The van der Waals surface area contributed by atoms with Crippen molar-refractivity contribution in [3.05, 3.63) is 70.8 Å². The first-order valence-corrected chi connectivity index (χ1v) is 10.3. The average Bonchev–Trinajstić information content (AvgIpc) is 3.11. The van der Waals surface area contributed by atoms with Gasteiger partial charge in [0.15, 0.2) is 0 Å². The summed E-state index contributed by atoms with van der Waals surface area (Å²) in [6.07, 6.45) is 0.388. The first-order chi connectivity index (χ1) is 15.4. The molecule has 0 bridgehead atoms. The monoisotopic (exact) mass is 434 g/mol. The van der Waals surface area contributed by atoms with Gasteiger partial charge in [0.05, 0.1) is 24.3 Å². The van der Waals surface area contributed by atoms with Crippen LogP contribution in [0, 0.1) is 0 Å². The molecule has 9 heteroatoms. The van der Waals surface area contributed by atoms with Gasteiger partial charge in [0.2, 0.25) is 5.91 Å². The normalized spacial score (nSPS) is 25.1. The van der Waals surface area contributed by atoms with Crippen molar-refractivity contribution < 1.29 is 19.4 Å². The number of carbonyl (C=O) groups is 2. The van der Waals surface area contributed by atoms with Gasteiger partial charge in [-0.1, -0.05) is 30.3 Å². The zero-order valence-corrected chi connectivity index (χ0v) is 17.6.